The molecule has 1 aromatic carbocycles. The number of hydrogen-bond acceptors (Lipinski definition) is 10. The van der Waals surface area contributed by atoms with E-state index in [2.05, 4.69) is 36.8 Å². The van der Waals surface area contributed by atoms with E-state index in [1.54, 1.807) is 18.3 Å². The first kappa shape index (κ1) is 25.4. The van der Waals surface area contributed by atoms with E-state index >= 15 is 0 Å². The van der Waals surface area contributed by atoms with Crippen molar-refractivity contribution in [3.05, 3.63) is 54.4 Å². The lowest BCUT2D eigenvalue weighted by molar-refractivity contribution is 0.210. The third-order valence-corrected chi connectivity index (χ3v) is 9.40. The summed E-state index contributed by atoms with van der Waals surface area (Å²) < 4.78 is 23.2. The number of nitrogens with zero attached hydrogens (tertiary/aromatic N) is 6. The van der Waals surface area contributed by atoms with Crippen molar-refractivity contribution in [2.45, 2.75) is 30.2 Å². The maximum atomic E-state index is 11.6. The molecule has 6 rings (SSSR count). The largest absolute Gasteiger partial charge is 0.507 e. The van der Waals surface area contributed by atoms with Gasteiger partial charge in [-0.3, -0.25) is 4.90 Å². The number of nitrogen functional groups attached to an aromatic ring is 1. The van der Waals surface area contributed by atoms with Crippen molar-refractivity contribution in [3.8, 4) is 28.8 Å². The lowest BCUT2D eigenvalue weighted by Gasteiger charge is -2.43. The molecule has 3 aliphatic heterocycles. The Morgan fingerprint density at radius 2 is 1.79 bits per heavy atom. The number of phenolic OH excluding ortho intramolecular Hbond substituents is 1. The normalized spacial score (nSPS) is 21.4. The number of nitrogens with two attached hydrogens (primary N) is 1. The summed E-state index contributed by atoms with van der Waals surface area (Å²) in [7, 11) is -2.97. The zero-order chi connectivity index (χ0) is 27.1. The van der Waals surface area contributed by atoms with Gasteiger partial charge in [-0.05, 0) is 49.1 Å². The molecule has 0 amide bonds. The Morgan fingerprint density at radius 3 is 2.51 bits per heavy atom. The quantitative estimate of drug-likeness (QED) is 0.458. The maximum Gasteiger partial charge on any atom is 0.169 e. The van der Waals surface area contributed by atoms with Crippen molar-refractivity contribution < 1.29 is 13.5 Å². The highest BCUT2D eigenvalue weighted by Crippen LogP contribution is 2.39. The number of hydrogen-bond donors (Lipinski definition) is 2. The third kappa shape index (κ3) is 5.10. The second-order valence-corrected chi connectivity index (χ2v) is 12.9. The summed E-state index contributed by atoms with van der Waals surface area (Å²) in [5.74, 6) is 6.84. The summed E-state index contributed by atoms with van der Waals surface area (Å²) >= 11 is 0. The molecular formula is C28H31N7O3S. The Bertz CT molecular complexity index is 1550. The Labute approximate surface area is 228 Å². The number of likely N-dealkylation sites (tertiary alicyclic amines) is 1. The fourth-order valence-electron chi connectivity index (χ4n) is 5.80. The number of benzene rings is 1. The summed E-state index contributed by atoms with van der Waals surface area (Å²) in [5.41, 5.74) is 10.2. The molecule has 2 bridgehead atoms. The van der Waals surface area contributed by atoms with Gasteiger partial charge >= 0.3 is 0 Å². The van der Waals surface area contributed by atoms with Crippen LogP contribution in [0.5, 0.6) is 5.75 Å². The number of aromatic nitrogens is 3. The Balaban J connectivity index is 1.15. The van der Waals surface area contributed by atoms with E-state index in [0.29, 0.717) is 54.5 Å². The van der Waals surface area contributed by atoms with Crippen molar-refractivity contribution in [3.63, 3.8) is 0 Å². The minimum atomic E-state index is -2.97. The van der Waals surface area contributed by atoms with Gasteiger partial charge in [-0.2, -0.15) is 0 Å². The lowest BCUT2D eigenvalue weighted by Crippen LogP contribution is -2.54. The molecule has 39 heavy (non-hydrogen) atoms. The molecule has 3 aliphatic rings. The SMILES string of the molecule is CS(=O)(=O)C1CN(CC#Cc2cc(N3C4CCC3CN(c3cc(-c5ccccc5O)nnc3N)C4)ccn2)C1. The van der Waals surface area contributed by atoms with E-state index in [9.17, 15) is 13.5 Å². The number of sulfone groups is 1. The Hall–Kier alpha value is -3.88. The zero-order valence-electron chi connectivity index (χ0n) is 21.7. The number of anilines is 3. The van der Waals surface area contributed by atoms with Crippen molar-refractivity contribution in [1.29, 1.82) is 0 Å². The minimum Gasteiger partial charge on any atom is -0.507 e. The summed E-state index contributed by atoms with van der Waals surface area (Å²) in [6.07, 6.45) is 5.24. The van der Waals surface area contributed by atoms with E-state index in [1.807, 2.05) is 35.2 Å². The minimum absolute atomic E-state index is 0.159. The molecule has 3 aromatic rings. The molecule has 2 unspecified atom stereocenters. The van der Waals surface area contributed by atoms with Gasteiger partial charge in [-0.1, -0.05) is 18.1 Å². The van der Waals surface area contributed by atoms with Gasteiger partial charge in [-0.15, -0.1) is 10.2 Å². The number of piperazine rings is 1. The highest BCUT2D eigenvalue weighted by molar-refractivity contribution is 7.91. The van der Waals surface area contributed by atoms with Crippen LogP contribution in [-0.2, 0) is 9.84 Å². The predicted octanol–water partition coefficient (Wildman–Crippen LogP) is 1.76. The van der Waals surface area contributed by atoms with E-state index in [-0.39, 0.29) is 11.0 Å². The fraction of sp³-hybridized carbons (Fsp3) is 0.393. The summed E-state index contributed by atoms with van der Waals surface area (Å²) in [4.78, 5) is 11.2. The molecule has 2 atom stereocenters. The van der Waals surface area contributed by atoms with Gasteiger partial charge < -0.3 is 20.6 Å². The molecule has 0 aliphatic carbocycles. The fourth-order valence-corrected chi connectivity index (χ4v) is 6.76. The molecule has 0 saturated carbocycles. The molecular weight excluding hydrogens is 514 g/mol. The molecule has 202 valence electrons. The van der Waals surface area contributed by atoms with Gasteiger partial charge in [0.25, 0.3) is 0 Å². The monoisotopic (exact) mass is 545 g/mol. The van der Waals surface area contributed by atoms with E-state index < -0.39 is 9.84 Å². The van der Waals surface area contributed by atoms with Gasteiger partial charge in [-0.25, -0.2) is 13.4 Å². The first-order valence-corrected chi connectivity index (χ1v) is 15.0. The topological polar surface area (TPSA) is 129 Å². The van der Waals surface area contributed by atoms with Gasteiger partial charge in [0.15, 0.2) is 15.7 Å². The second kappa shape index (κ2) is 10.0. The smallest absolute Gasteiger partial charge is 0.169 e. The molecule has 3 fully saturated rings. The van der Waals surface area contributed by atoms with Crippen LogP contribution in [0.25, 0.3) is 11.3 Å². The molecule has 5 heterocycles. The van der Waals surface area contributed by atoms with Crippen LogP contribution in [-0.4, -0.2) is 89.9 Å². The van der Waals surface area contributed by atoms with Crippen LogP contribution in [0.4, 0.5) is 17.2 Å². The molecule has 0 radical (unpaired) electrons. The number of aromatic hydroxyl groups is 1. The third-order valence-electron chi connectivity index (χ3n) is 7.89. The van der Waals surface area contributed by atoms with Crippen LogP contribution in [0.15, 0.2) is 48.7 Å². The zero-order valence-corrected chi connectivity index (χ0v) is 22.5. The van der Waals surface area contributed by atoms with Crippen molar-refractivity contribution in [1.82, 2.24) is 20.1 Å². The molecule has 3 N–H and O–H groups in total. The molecule has 11 heteroatoms. The highest BCUT2D eigenvalue weighted by Gasteiger charge is 2.41. The summed E-state index contributed by atoms with van der Waals surface area (Å²) in [5, 5.41) is 18.4. The first-order valence-electron chi connectivity index (χ1n) is 13.1. The average Bonchev–Trinajstić information content (AvgIpc) is 3.15. The van der Waals surface area contributed by atoms with Crippen LogP contribution >= 0.6 is 0 Å². The van der Waals surface area contributed by atoms with Gasteiger partial charge in [0.2, 0.25) is 0 Å². The number of phenols is 1. The summed E-state index contributed by atoms with van der Waals surface area (Å²) in [6, 6.07) is 13.7. The Kier molecular flexibility index (Phi) is 6.53. The maximum absolute atomic E-state index is 11.6. The van der Waals surface area contributed by atoms with Crippen LogP contribution < -0.4 is 15.5 Å². The van der Waals surface area contributed by atoms with Gasteiger partial charge in [0.05, 0.1) is 23.2 Å². The molecule has 10 nitrogen and oxygen atoms in total. The molecule has 3 saturated heterocycles. The average molecular weight is 546 g/mol. The van der Waals surface area contributed by atoms with Crippen LogP contribution in [0.3, 0.4) is 0 Å². The van der Waals surface area contributed by atoms with Crippen molar-refractivity contribution >= 4 is 27.0 Å². The standard InChI is InChI=1S/C28H31N7O3S/c1-39(37,38)23-17-33(18-23)12-4-5-19-13-20(10-11-30-19)35-21-8-9-22(35)16-34(15-21)26-14-25(31-32-28(26)29)24-6-2-3-7-27(24)36/h2-3,6-7,10-11,13-14,21-23,36H,8-9,12,15-18H2,1H3,(H2,29,32). The number of pyridine rings is 1. The molecule has 2 aromatic heterocycles. The van der Waals surface area contributed by atoms with Crippen LogP contribution in [0, 0.1) is 11.8 Å². The summed E-state index contributed by atoms with van der Waals surface area (Å²) in [6.45, 7) is 3.21. The van der Waals surface area contributed by atoms with E-state index in [4.69, 9.17) is 5.73 Å². The van der Waals surface area contributed by atoms with Gasteiger partial charge in [0, 0.05) is 62.0 Å². The van der Waals surface area contributed by atoms with Crippen LogP contribution in [0.1, 0.15) is 18.5 Å². The Morgan fingerprint density at radius 1 is 1.05 bits per heavy atom. The van der Waals surface area contributed by atoms with E-state index in [0.717, 1.165) is 37.3 Å². The van der Waals surface area contributed by atoms with Crippen molar-refractivity contribution in [2.75, 3.05) is 54.5 Å². The predicted molar refractivity (Wildman–Crippen MR) is 151 cm³/mol. The van der Waals surface area contributed by atoms with E-state index in [1.165, 1.54) is 6.26 Å². The van der Waals surface area contributed by atoms with Crippen LogP contribution in [0.2, 0.25) is 0 Å². The lowest BCUT2D eigenvalue weighted by atomic mass is 10.1. The van der Waals surface area contributed by atoms with Gasteiger partial charge in [0.1, 0.15) is 11.4 Å². The number of fused-ring (bicyclic) bond motifs is 2. The second-order valence-electron chi connectivity index (χ2n) is 10.6. The number of rotatable bonds is 5. The molecule has 0 spiro atoms. The van der Waals surface area contributed by atoms with Crippen molar-refractivity contribution in [2.24, 2.45) is 0 Å². The first-order chi connectivity index (χ1) is 18.8. The highest BCUT2D eigenvalue weighted by atomic mass is 32.2. The number of para-hydroxylation sites is 1.